The molecule has 0 aliphatic rings. The van der Waals surface area contributed by atoms with Crippen LogP contribution in [-0.2, 0) is 23.2 Å². The van der Waals surface area contributed by atoms with E-state index in [1.807, 2.05) is 29.9 Å². The molecule has 0 atom stereocenters. The van der Waals surface area contributed by atoms with Crippen molar-refractivity contribution in [2.75, 3.05) is 32.1 Å². The number of nitrogens with one attached hydrogen (secondary N) is 2. The van der Waals surface area contributed by atoms with Gasteiger partial charge in [-0.1, -0.05) is 0 Å². The fraction of sp³-hybridized carbons (Fsp3) is 0.375. The van der Waals surface area contributed by atoms with Crippen LogP contribution in [0.3, 0.4) is 0 Å². The molecule has 0 saturated heterocycles. The van der Waals surface area contributed by atoms with Crippen LogP contribution in [0.4, 0.5) is 5.69 Å². The van der Waals surface area contributed by atoms with Crippen LogP contribution < -0.4 is 15.4 Å². The van der Waals surface area contributed by atoms with Crippen LogP contribution in [0.25, 0.3) is 0 Å². The average molecular weight is 391 g/mol. The zero-order chi connectivity index (χ0) is 16.5. The molecule has 1 aromatic heterocycles. The van der Waals surface area contributed by atoms with Gasteiger partial charge in [0.2, 0.25) is 5.91 Å². The number of aryl methyl sites for hydroxylation is 1. The first-order valence-corrected chi connectivity index (χ1v) is 7.37. The summed E-state index contributed by atoms with van der Waals surface area (Å²) < 4.78 is 12.5. The Morgan fingerprint density at radius 1 is 1.24 bits per heavy atom. The minimum Gasteiger partial charge on any atom is -0.486 e. The van der Waals surface area contributed by atoms with Gasteiger partial charge in [-0.3, -0.25) is 4.79 Å². The second kappa shape index (κ2) is 12.5. The first-order chi connectivity index (χ1) is 11.2. The fourth-order valence-corrected chi connectivity index (χ4v) is 1.90. The van der Waals surface area contributed by atoms with Crippen molar-refractivity contribution < 1.29 is 14.3 Å². The molecule has 140 valence electrons. The Kier molecular flexibility index (Phi) is 11.6. The number of nitrogens with zero attached hydrogens (tertiary/aromatic N) is 2. The van der Waals surface area contributed by atoms with E-state index in [0.29, 0.717) is 19.8 Å². The van der Waals surface area contributed by atoms with Crippen LogP contribution in [0.15, 0.2) is 36.7 Å². The second-order valence-electron chi connectivity index (χ2n) is 4.99. The number of ether oxygens (including phenoxy) is 2. The van der Waals surface area contributed by atoms with Crippen molar-refractivity contribution in [2.45, 2.75) is 6.61 Å². The summed E-state index contributed by atoms with van der Waals surface area (Å²) in [5.74, 6) is 1.48. The third-order valence-corrected chi connectivity index (χ3v) is 3.20. The van der Waals surface area contributed by atoms with E-state index >= 15 is 0 Å². The zero-order valence-corrected chi connectivity index (χ0v) is 15.9. The van der Waals surface area contributed by atoms with Crippen LogP contribution in [0.1, 0.15) is 5.82 Å². The first-order valence-electron chi connectivity index (χ1n) is 7.37. The van der Waals surface area contributed by atoms with Crippen molar-refractivity contribution in [1.82, 2.24) is 14.9 Å². The monoisotopic (exact) mass is 390 g/mol. The van der Waals surface area contributed by atoms with Crippen molar-refractivity contribution in [3.05, 3.63) is 42.5 Å². The molecule has 0 saturated carbocycles. The number of imidazole rings is 1. The van der Waals surface area contributed by atoms with Gasteiger partial charge in [-0.2, -0.15) is 0 Å². The number of hydrogen-bond acceptors (Lipinski definition) is 5. The van der Waals surface area contributed by atoms with E-state index in [-0.39, 0.29) is 37.3 Å². The van der Waals surface area contributed by atoms with Crippen LogP contribution in [0.2, 0.25) is 0 Å². The predicted molar refractivity (Wildman–Crippen MR) is 102 cm³/mol. The molecule has 0 unspecified atom stereocenters. The lowest BCUT2D eigenvalue weighted by molar-refractivity contribution is -0.115. The fourth-order valence-electron chi connectivity index (χ4n) is 1.90. The third kappa shape index (κ3) is 8.22. The summed E-state index contributed by atoms with van der Waals surface area (Å²) in [7, 11) is 3.55. The lowest BCUT2D eigenvalue weighted by atomic mass is 10.3. The Morgan fingerprint density at radius 2 is 1.96 bits per heavy atom. The molecule has 0 fully saturated rings. The summed E-state index contributed by atoms with van der Waals surface area (Å²) in [6.45, 7) is 1.87. The molecular weight excluding hydrogens is 367 g/mol. The van der Waals surface area contributed by atoms with Gasteiger partial charge in [0.15, 0.2) is 0 Å². The van der Waals surface area contributed by atoms with Crippen LogP contribution >= 0.6 is 24.8 Å². The molecule has 2 rings (SSSR count). The molecule has 1 aromatic carbocycles. The Morgan fingerprint density at radius 3 is 2.56 bits per heavy atom. The molecule has 7 nitrogen and oxygen atoms in total. The number of methoxy groups -OCH3 is 1. The summed E-state index contributed by atoms with van der Waals surface area (Å²) in [4.78, 5) is 15.9. The Balaban J connectivity index is 0.00000288. The number of anilines is 1. The summed E-state index contributed by atoms with van der Waals surface area (Å²) >= 11 is 0. The predicted octanol–water partition coefficient (Wildman–Crippen LogP) is 2.02. The second-order valence-corrected chi connectivity index (χ2v) is 4.99. The van der Waals surface area contributed by atoms with Crippen LogP contribution in [0, 0.1) is 0 Å². The highest BCUT2D eigenvalue weighted by Crippen LogP contribution is 2.16. The summed E-state index contributed by atoms with van der Waals surface area (Å²) in [5.41, 5.74) is 0.730. The molecule has 0 aliphatic heterocycles. The quantitative estimate of drug-likeness (QED) is 0.640. The van der Waals surface area contributed by atoms with Gasteiger partial charge in [0.05, 0.1) is 13.2 Å². The Hall–Kier alpha value is -1.80. The van der Waals surface area contributed by atoms with E-state index in [2.05, 4.69) is 15.6 Å². The minimum absolute atomic E-state index is 0. The molecule has 2 N–H and O–H groups in total. The van der Waals surface area contributed by atoms with E-state index in [4.69, 9.17) is 9.47 Å². The molecule has 1 amide bonds. The Labute approximate surface area is 159 Å². The van der Waals surface area contributed by atoms with Gasteiger partial charge in [0.25, 0.3) is 0 Å². The molecule has 0 spiro atoms. The van der Waals surface area contributed by atoms with Gasteiger partial charge >= 0.3 is 0 Å². The highest BCUT2D eigenvalue weighted by molar-refractivity contribution is 5.92. The van der Waals surface area contributed by atoms with Gasteiger partial charge < -0.3 is 24.7 Å². The number of benzene rings is 1. The SMILES string of the molecule is COCCNCC(=O)Nc1ccc(OCc2nccn2C)cc1.Cl.Cl. The smallest absolute Gasteiger partial charge is 0.238 e. The van der Waals surface area contributed by atoms with Crippen molar-refractivity contribution in [1.29, 1.82) is 0 Å². The van der Waals surface area contributed by atoms with E-state index in [9.17, 15) is 4.79 Å². The average Bonchev–Trinajstić information content (AvgIpc) is 2.96. The molecule has 9 heteroatoms. The van der Waals surface area contributed by atoms with Crippen molar-refractivity contribution in [3.8, 4) is 5.75 Å². The maximum absolute atomic E-state index is 11.7. The van der Waals surface area contributed by atoms with E-state index in [1.54, 1.807) is 25.4 Å². The molecule has 0 bridgehead atoms. The van der Waals surface area contributed by atoms with Crippen molar-refractivity contribution in [2.24, 2.45) is 7.05 Å². The lowest BCUT2D eigenvalue weighted by Gasteiger charge is -2.09. The maximum atomic E-state index is 11.7. The molecule has 2 aromatic rings. The molecule has 1 heterocycles. The van der Waals surface area contributed by atoms with Gasteiger partial charge in [-0.05, 0) is 24.3 Å². The Bertz CT molecular complexity index is 620. The number of aromatic nitrogens is 2. The lowest BCUT2D eigenvalue weighted by Crippen LogP contribution is -2.30. The number of halogens is 2. The van der Waals surface area contributed by atoms with Crippen molar-refractivity contribution in [3.63, 3.8) is 0 Å². The topological polar surface area (TPSA) is 77.4 Å². The molecule has 0 aliphatic carbocycles. The van der Waals surface area contributed by atoms with E-state index in [1.165, 1.54) is 0 Å². The highest BCUT2D eigenvalue weighted by Gasteiger charge is 2.03. The van der Waals surface area contributed by atoms with Gasteiger partial charge in [-0.25, -0.2) is 4.98 Å². The largest absolute Gasteiger partial charge is 0.486 e. The highest BCUT2D eigenvalue weighted by atomic mass is 35.5. The molecule has 0 radical (unpaired) electrons. The number of carbonyl (C=O) groups excluding carboxylic acids is 1. The summed E-state index contributed by atoms with van der Waals surface area (Å²) in [6, 6.07) is 7.25. The van der Waals surface area contributed by atoms with Crippen LogP contribution in [-0.4, -0.2) is 42.3 Å². The molecule has 25 heavy (non-hydrogen) atoms. The number of rotatable bonds is 9. The van der Waals surface area contributed by atoms with Gasteiger partial charge in [-0.15, -0.1) is 24.8 Å². The number of carbonyl (C=O) groups is 1. The van der Waals surface area contributed by atoms with E-state index < -0.39 is 0 Å². The van der Waals surface area contributed by atoms with Gasteiger partial charge in [0.1, 0.15) is 18.2 Å². The molecular formula is C16H24Cl2N4O3. The number of hydrogen-bond donors (Lipinski definition) is 2. The van der Waals surface area contributed by atoms with Crippen LogP contribution in [0.5, 0.6) is 5.75 Å². The maximum Gasteiger partial charge on any atom is 0.238 e. The van der Waals surface area contributed by atoms with E-state index in [0.717, 1.165) is 17.3 Å². The zero-order valence-electron chi connectivity index (χ0n) is 14.2. The third-order valence-electron chi connectivity index (χ3n) is 3.20. The summed E-state index contributed by atoms with van der Waals surface area (Å²) in [5, 5.41) is 5.80. The minimum atomic E-state index is -0.0946. The summed E-state index contributed by atoms with van der Waals surface area (Å²) in [6.07, 6.45) is 3.61. The van der Waals surface area contributed by atoms with Crippen molar-refractivity contribution >= 4 is 36.4 Å². The number of amides is 1. The first kappa shape index (κ1) is 23.2. The van der Waals surface area contributed by atoms with Gasteiger partial charge in [0, 0.05) is 38.8 Å². The normalized spacial score (nSPS) is 9.68. The standard InChI is InChI=1S/C16H22N4O3.2ClH/c1-20-9-7-18-15(20)12-23-14-5-3-13(4-6-14)19-16(21)11-17-8-10-22-2;;/h3-7,9,17H,8,10-12H2,1-2H3,(H,19,21);2*1H.